The molecule has 1 saturated heterocycles. The van der Waals surface area contributed by atoms with E-state index < -0.39 is 5.82 Å². The summed E-state index contributed by atoms with van der Waals surface area (Å²) in [6.07, 6.45) is 2.23. The number of unbranched alkanes of at least 4 members (excludes halogenated alkanes) is 1. The number of thioether (sulfide) groups is 1. The molecule has 0 spiro atoms. The predicted molar refractivity (Wildman–Crippen MR) is 101 cm³/mol. The van der Waals surface area contributed by atoms with Crippen molar-refractivity contribution < 1.29 is 14.0 Å². The fourth-order valence-corrected chi connectivity index (χ4v) is 3.97. The maximum Gasteiger partial charge on any atom is 0.257 e. The zero-order chi connectivity index (χ0) is 18.4. The van der Waals surface area contributed by atoms with Gasteiger partial charge in [-0.3, -0.25) is 9.59 Å². The van der Waals surface area contributed by atoms with E-state index in [1.165, 1.54) is 18.2 Å². The predicted octanol–water partition coefficient (Wildman–Crippen LogP) is 3.69. The Labute approximate surface area is 157 Å². The van der Waals surface area contributed by atoms with Crippen LogP contribution in [0.2, 0.25) is 5.02 Å². The first kappa shape index (κ1) is 20.0. The molecule has 2 amide bonds. The van der Waals surface area contributed by atoms with E-state index in [1.807, 2.05) is 6.92 Å². The van der Waals surface area contributed by atoms with Crippen LogP contribution in [-0.4, -0.2) is 58.8 Å². The molecular weight excluding hydrogens is 363 g/mol. The van der Waals surface area contributed by atoms with Crippen molar-refractivity contribution in [3.63, 3.8) is 0 Å². The van der Waals surface area contributed by atoms with Gasteiger partial charge in [0.25, 0.3) is 5.91 Å². The molecule has 0 N–H and O–H groups in total. The van der Waals surface area contributed by atoms with Crippen LogP contribution in [0.25, 0.3) is 0 Å². The Morgan fingerprint density at radius 3 is 2.52 bits per heavy atom. The van der Waals surface area contributed by atoms with E-state index in [9.17, 15) is 14.0 Å². The molecule has 7 heteroatoms. The van der Waals surface area contributed by atoms with Crippen molar-refractivity contribution in [3.05, 3.63) is 34.6 Å². The normalized spacial score (nSPS) is 16.0. The standard InChI is InChI=1S/C18H24ClFN2O2S/c1-3-4-11-25-13(2)17(23)21-7-9-22(10-8-21)18(24)15-12-14(19)5-6-16(15)20/h5-6,12-13H,3-4,7-11H2,1-2H3. The summed E-state index contributed by atoms with van der Waals surface area (Å²) < 4.78 is 13.9. The van der Waals surface area contributed by atoms with Crippen LogP contribution in [0.4, 0.5) is 4.39 Å². The van der Waals surface area contributed by atoms with Gasteiger partial charge in [0.1, 0.15) is 5.82 Å². The van der Waals surface area contributed by atoms with E-state index in [2.05, 4.69) is 6.92 Å². The van der Waals surface area contributed by atoms with Crippen LogP contribution in [0.5, 0.6) is 0 Å². The van der Waals surface area contributed by atoms with Crippen molar-refractivity contribution in [3.8, 4) is 0 Å². The SMILES string of the molecule is CCCCSC(C)C(=O)N1CCN(C(=O)c2cc(Cl)ccc2F)CC1. The molecule has 1 atom stereocenters. The summed E-state index contributed by atoms with van der Waals surface area (Å²) in [5.41, 5.74) is -0.0178. The van der Waals surface area contributed by atoms with E-state index in [0.29, 0.717) is 31.2 Å². The van der Waals surface area contributed by atoms with Crippen molar-refractivity contribution >= 4 is 35.2 Å². The fraction of sp³-hybridized carbons (Fsp3) is 0.556. The van der Waals surface area contributed by atoms with Crippen LogP contribution in [0.1, 0.15) is 37.0 Å². The van der Waals surface area contributed by atoms with Crippen molar-refractivity contribution in [1.29, 1.82) is 0 Å². The third kappa shape index (κ3) is 5.35. The van der Waals surface area contributed by atoms with Crippen LogP contribution in [0, 0.1) is 5.82 Å². The Bertz CT molecular complexity index is 621. The molecule has 1 heterocycles. The van der Waals surface area contributed by atoms with Gasteiger partial charge in [-0.15, -0.1) is 11.8 Å². The fourth-order valence-electron chi connectivity index (χ4n) is 2.69. The molecule has 0 saturated carbocycles. The van der Waals surface area contributed by atoms with Crippen LogP contribution in [-0.2, 0) is 4.79 Å². The lowest BCUT2D eigenvalue weighted by molar-refractivity contribution is -0.131. The van der Waals surface area contributed by atoms with Gasteiger partial charge in [0, 0.05) is 31.2 Å². The zero-order valence-electron chi connectivity index (χ0n) is 14.6. The quantitative estimate of drug-likeness (QED) is 0.700. The van der Waals surface area contributed by atoms with E-state index in [4.69, 9.17) is 11.6 Å². The van der Waals surface area contributed by atoms with Crippen molar-refractivity contribution in [2.45, 2.75) is 31.9 Å². The minimum Gasteiger partial charge on any atom is -0.338 e. The molecule has 1 unspecified atom stereocenters. The highest BCUT2D eigenvalue weighted by molar-refractivity contribution is 8.00. The monoisotopic (exact) mass is 386 g/mol. The molecule has 0 bridgehead atoms. The number of benzene rings is 1. The highest BCUT2D eigenvalue weighted by atomic mass is 35.5. The summed E-state index contributed by atoms with van der Waals surface area (Å²) in [5.74, 6) is 0.143. The third-order valence-corrected chi connectivity index (χ3v) is 5.71. The molecule has 1 aliphatic heterocycles. The molecule has 0 aromatic heterocycles. The third-order valence-electron chi connectivity index (χ3n) is 4.25. The van der Waals surface area contributed by atoms with Gasteiger partial charge < -0.3 is 9.80 Å². The van der Waals surface area contributed by atoms with Gasteiger partial charge in [0.2, 0.25) is 5.91 Å². The summed E-state index contributed by atoms with van der Waals surface area (Å²) in [4.78, 5) is 28.3. The minimum atomic E-state index is -0.575. The second-order valence-corrected chi connectivity index (χ2v) is 7.99. The van der Waals surface area contributed by atoms with Crippen LogP contribution >= 0.6 is 23.4 Å². The average Bonchev–Trinajstić information content (AvgIpc) is 2.62. The maximum absolute atomic E-state index is 13.9. The number of rotatable bonds is 6. The number of piperazine rings is 1. The number of halogens is 2. The summed E-state index contributed by atoms with van der Waals surface area (Å²) in [7, 11) is 0. The molecule has 1 fully saturated rings. The Hall–Kier alpha value is -1.27. The van der Waals surface area contributed by atoms with Gasteiger partial charge in [0.15, 0.2) is 0 Å². The number of nitrogens with zero attached hydrogens (tertiary/aromatic N) is 2. The average molecular weight is 387 g/mol. The lowest BCUT2D eigenvalue weighted by Gasteiger charge is -2.36. The maximum atomic E-state index is 13.9. The summed E-state index contributed by atoms with van der Waals surface area (Å²) >= 11 is 7.53. The minimum absolute atomic E-state index is 0.0178. The molecule has 2 rings (SSSR count). The summed E-state index contributed by atoms with van der Waals surface area (Å²) in [6, 6.07) is 3.97. The second kappa shape index (κ2) is 9.43. The van der Waals surface area contributed by atoms with Crippen LogP contribution in [0.3, 0.4) is 0 Å². The first-order valence-corrected chi connectivity index (χ1v) is 10.0. The molecule has 25 heavy (non-hydrogen) atoms. The molecule has 1 aromatic carbocycles. The molecule has 0 aliphatic carbocycles. The van der Waals surface area contributed by atoms with E-state index in [1.54, 1.807) is 21.6 Å². The summed E-state index contributed by atoms with van der Waals surface area (Å²) in [6.45, 7) is 5.83. The largest absolute Gasteiger partial charge is 0.338 e. The van der Waals surface area contributed by atoms with Gasteiger partial charge in [-0.2, -0.15) is 0 Å². The van der Waals surface area contributed by atoms with Gasteiger partial charge in [-0.25, -0.2) is 4.39 Å². The van der Waals surface area contributed by atoms with E-state index in [-0.39, 0.29) is 22.6 Å². The Morgan fingerprint density at radius 1 is 1.24 bits per heavy atom. The lowest BCUT2D eigenvalue weighted by Crippen LogP contribution is -2.52. The number of amides is 2. The zero-order valence-corrected chi connectivity index (χ0v) is 16.2. The first-order valence-electron chi connectivity index (χ1n) is 8.58. The topological polar surface area (TPSA) is 40.6 Å². The van der Waals surface area contributed by atoms with Crippen molar-refractivity contribution in [2.24, 2.45) is 0 Å². The second-order valence-electron chi connectivity index (χ2n) is 6.11. The van der Waals surface area contributed by atoms with Crippen molar-refractivity contribution in [2.75, 3.05) is 31.9 Å². The number of carbonyl (C=O) groups is 2. The van der Waals surface area contributed by atoms with E-state index in [0.717, 1.165) is 18.6 Å². The molecular formula is C18H24ClFN2O2S. The van der Waals surface area contributed by atoms with Crippen LogP contribution < -0.4 is 0 Å². The molecule has 4 nitrogen and oxygen atoms in total. The van der Waals surface area contributed by atoms with Gasteiger partial charge >= 0.3 is 0 Å². The number of hydrogen-bond acceptors (Lipinski definition) is 3. The molecule has 138 valence electrons. The smallest absolute Gasteiger partial charge is 0.257 e. The molecule has 0 radical (unpaired) electrons. The van der Waals surface area contributed by atoms with Gasteiger partial charge in [-0.05, 0) is 37.3 Å². The number of carbonyl (C=O) groups excluding carboxylic acids is 2. The van der Waals surface area contributed by atoms with E-state index >= 15 is 0 Å². The van der Waals surface area contributed by atoms with Crippen molar-refractivity contribution in [1.82, 2.24) is 9.80 Å². The van der Waals surface area contributed by atoms with Crippen LogP contribution in [0.15, 0.2) is 18.2 Å². The lowest BCUT2D eigenvalue weighted by atomic mass is 10.1. The Morgan fingerprint density at radius 2 is 1.88 bits per heavy atom. The highest BCUT2D eigenvalue weighted by Gasteiger charge is 2.28. The first-order chi connectivity index (χ1) is 11.9. The Kier molecular flexibility index (Phi) is 7.56. The highest BCUT2D eigenvalue weighted by Crippen LogP contribution is 2.19. The summed E-state index contributed by atoms with van der Waals surface area (Å²) in [5, 5.41) is 0.260. The van der Waals surface area contributed by atoms with Gasteiger partial charge in [-0.1, -0.05) is 24.9 Å². The Balaban J connectivity index is 1.89. The molecule has 1 aliphatic rings. The van der Waals surface area contributed by atoms with Gasteiger partial charge in [0.05, 0.1) is 10.8 Å². The molecule has 1 aromatic rings. The number of hydrogen-bond donors (Lipinski definition) is 0.